The van der Waals surface area contributed by atoms with Gasteiger partial charge in [-0.2, -0.15) is 0 Å². The number of ketones is 1. The van der Waals surface area contributed by atoms with Crippen LogP contribution in [-0.2, 0) is 4.79 Å². The third-order valence-corrected chi connectivity index (χ3v) is 7.84. The Hall–Kier alpha value is 0.110. The average molecular weight is 268 g/mol. The standard InChI is InChI=1S/C14H20OS2/c1-13-6-7-14(16-8-3-9-17-14)10-11(13)4-2-5-12(13)15/h10H,2-9H2,1H3/t13-/m0/s1. The van der Waals surface area contributed by atoms with Gasteiger partial charge in [-0.3, -0.25) is 4.79 Å². The molecule has 0 aromatic carbocycles. The summed E-state index contributed by atoms with van der Waals surface area (Å²) in [6.07, 6.45) is 9.14. The van der Waals surface area contributed by atoms with Gasteiger partial charge in [0.25, 0.3) is 0 Å². The van der Waals surface area contributed by atoms with Crippen LogP contribution >= 0.6 is 23.5 Å². The Morgan fingerprint density at radius 3 is 2.65 bits per heavy atom. The molecule has 1 heterocycles. The number of thioether (sulfide) groups is 2. The normalized spacial score (nSPS) is 36.5. The Morgan fingerprint density at radius 2 is 1.88 bits per heavy atom. The average Bonchev–Trinajstić information content (AvgIpc) is 2.34. The predicted octanol–water partition coefficient (Wildman–Crippen LogP) is 4.03. The highest BCUT2D eigenvalue weighted by molar-refractivity contribution is 8.19. The molecule has 1 spiro atoms. The number of hydrogen-bond donors (Lipinski definition) is 0. The molecule has 1 saturated heterocycles. The van der Waals surface area contributed by atoms with E-state index in [2.05, 4.69) is 36.5 Å². The van der Waals surface area contributed by atoms with Crippen molar-refractivity contribution in [2.24, 2.45) is 5.41 Å². The van der Waals surface area contributed by atoms with Crippen molar-refractivity contribution in [2.75, 3.05) is 11.5 Å². The number of carbonyl (C=O) groups excluding carboxylic acids is 1. The van der Waals surface area contributed by atoms with E-state index in [1.165, 1.54) is 29.9 Å². The summed E-state index contributed by atoms with van der Waals surface area (Å²) in [6, 6.07) is 0. The van der Waals surface area contributed by atoms with Gasteiger partial charge in [-0.05, 0) is 50.5 Å². The maximum absolute atomic E-state index is 12.2. The summed E-state index contributed by atoms with van der Waals surface area (Å²) < 4.78 is 0.324. The fourth-order valence-corrected chi connectivity index (χ4v) is 6.51. The molecule has 1 saturated carbocycles. The van der Waals surface area contributed by atoms with E-state index in [0.717, 1.165) is 25.7 Å². The first-order chi connectivity index (χ1) is 8.15. The van der Waals surface area contributed by atoms with Crippen LogP contribution in [0.3, 0.4) is 0 Å². The Balaban J connectivity index is 1.93. The predicted molar refractivity (Wildman–Crippen MR) is 76.5 cm³/mol. The second-order valence-corrected chi connectivity index (χ2v) is 8.75. The zero-order valence-corrected chi connectivity index (χ0v) is 12.1. The van der Waals surface area contributed by atoms with Gasteiger partial charge in [-0.25, -0.2) is 0 Å². The lowest BCUT2D eigenvalue weighted by atomic mass is 9.65. The molecule has 0 radical (unpaired) electrons. The molecule has 0 amide bonds. The van der Waals surface area contributed by atoms with Crippen molar-refractivity contribution in [3.05, 3.63) is 11.6 Å². The highest BCUT2D eigenvalue weighted by Crippen LogP contribution is 2.56. The molecular formula is C14H20OS2. The van der Waals surface area contributed by atoms with Crippen LogP contribution < -0.4 is 0 Å². The fourth-order valence-electron chi connectivity index (χ4n) is 3.28. The highest BCUT2D eigenvalue weighted by Gasteiger charge is 2.46. The number of Topliss-reactive ketones (excluding diaryl/α,β-unsaturated/α-hetero) is 1. The van der Waals surface area contributed by atoms with Crippen molar-refractivity contribution >= 4 is 29.3 Å². The van der Waals surface area contributed by atoms with E-state index in [1.54, 1.807) is 0 Å². The number of carbonyl (C=O) groups is 1. The lowest BCUT2D eigenvalue weighted by molar-refractivity contribution is -0.128. The van der Waals surface area contributed by atoms with E-state index in [0.29, 0.717) is 9.86 Å². The van der Waals surface area contributed by atoms with Crippen LogP contribution in [-0.4, -0.2) is 21.4 Å². The van der Waals surface area contributed by atoms with Crippen molar-refractivity contribution in [1.82, 2.24) is 0 Å². The van der Waals surface area contributed by atoms with Crippen LogP contribution in [0.2, 0.25) is 0 Å². The van der Waals surface area contributed by atoms with Gasteiger partial charge in [-0.15, -0.1) is 23.5 Å². The van der Waals surface area contributed by atoms with Crippen molar-refractivity contribution < 1.29 is 4.79 Å². The van der Waals surface area contributed by atoms with Gasteiger partial charge < -0.3 is 0 Å². The van der Waals surface area contributed by atoms with Gasteiger partial charge in [0.05, 0.1) is 4.08 Å². The molecule has 1 atom stereocenters. The van der Waals surface area contributed by atoms with Crippen LogP contribution in [0.1, 0.15) is 45.4 Å². The van der Waals surface area contributed by atoms with E-state index < -0.39 is 0 Å². The maximum atomic E-state index is 12.2. The van der Waals surface area contributed by atoms with Crippen LogP contribution in [0.5, 0.6) is 0 Å². The monoisotopic (exact) mass is 268 g/mol. The minimum atomic E-state index is -0.0952. The SMILES string of the molecule is C[C@]12CCC3(C=C1CCCC2=O)SCCCS3. The number of allylic oxidation sites excluding steroid dienone is 1. The third kappa shape index (κ3) is 1.99. The first kappa shape index (κ1) is 12.2. The molecule has 0 N–H and O–H groups in total. The summed E-state index contributed by atoms with van der Waals surface area (Å²) in [7, 11) is 0. The summed E-state index contributed by atoms with van der Waals surface area (Å²) in [5, 5.41) is 0. The lowest BCUT2D eigenvalue weighted by Crippen LogP contribution is -2.40. The minimum Gasteiger partial charge on any atom is -0.299 e. The van der Waals surface area contributed by atoms with Crippen molar-refractivity contribution in [3.63, 3.8) is 0 Å². The second kappa shape index (κ2) is 4.34. The molecular weight excluding hydrogens is 248 g/mol. The summed E-state index contributed by atoms with van der Waals surface area (Å²) in [5.41, 5.74) is 1.36. The van der Waals surface area contributed by atoms with Crippen molar-refractivity contribution in [3.8, 4) is 0 Å². The number of hydrogen-bond acceptors (Lipinski definition) is 3. The van der Waals surface area contributed by atoms with Crippen LogP contribution in [0.4, 0.5) is 0 Å². The zero-order chi connectivity index (χ0) is 11.9. The van der Waals surface area contributed by atoms with Gasteiger partial charge >= 0.3 is 0 Å². The topological polar surface area (TPSA) is 17.1 Å². The Morgan fingerprint density at radius 1 is 1.12 bits per heavy atom. The van der Waals surface area contributed by atoms with Crippen molar-refractivity contribution in [2.45, 2.75) is 49.5 Å². The second-order valence-electron chi connectivity index (χ2n) is 5.64. The van der Waals surface area contributed by atoms with Gasteiger partial charge in [0, 0.05) is 11.8 Å². The van der Waals surface area contributed by atoms with E-state index in [9.17, 15) is 4.79 Å². The van der Waals surface area contributed by atoms with Crippen LogP contribution in [0.25, 0.3) is 0 Å². The molecule has 2 aliphatic carbocycles. The highest BCUT2D eigenvalue weighted by atomic mass is 32.2. The molecule has 17 heavy (non-hydrogen) atoms. The molecule has 94 valence electrons. The van der Waals surface area contributed by atoms with E-state index in [1.807, 2.05) is 0 Å². The summed E-state index contributed by atoms with van der Waals surface area (Å²) >= 11 is 4.23. The summed E-state index contributed by atoms with van der Waals surface area (Å²) in [6.45, 7) is 2.19. The molecule has 0 aromatic heterocycles. The van der Waals surface area contributed by atoms with E-state index in [-0.39, 0.29) is 5.41 Å². The Labute approximate surface area is 112 Å². The van der Waals surface area contributed by atoms with Crippen LogP contribution in [0.15, 0.2) is 11.6 Å². The molecule has 2 fully saturated rings. The summed E-state index contributed by atoms with van der Waals surface area (Å²) in [4.78, 5) is 12.2. The maximum Gasteiger partial charge on any atom is 0.142 e. The minimum absolute atomic E-state index is 0.0952. The fraction of sp³-hybridized carbons (Fsp3) is 0.786. The van der Waals surface area contributed by atoms with E-state index >= 15 is 0 Å². The van der Waals surface area contributed by atoms with Gasteiger partial charge in [0.1, 0.15) is 5.78 Å². The zero-order valence-electron chi connectivity index (χ0n) is 10.5. The van der Waals surface area contributed by atoms with Gasteiger partial charge in [0.15, 0.2) is 0 Å². The molecule has 3 aliphatic rings. The largest absolute Gasteiger partial charge is 0.299 e. The van der Waals surface area contributed by atoms with Gasteiger partial charge in [0.2, 0.25) is 0 Å². The molecule has 0 unspecified atom stereocenters. The quantitative estimate of drug-likeness (QED) is 0.617. The summed E-state index contributed by atoms with van der Waals surface area (Å²) in [5.74, 6) is 3.08. The smallest absolute Gasteiger partial charge is 0.142 e. The molecule has 3 heteroatoms. The molecule has 0 aromatic rings. The third-order valence-electron chi connectivity index (χ3n) is 4.52. The van der Waals surface area contributed by atoms with E-state index in [4.69, 9.17) is 0 Å². The first-order valence-electron chi connectivity index (χ1n) is 6.68. The van der Waals surface area contributed by atoms with Gasteiger partial charge in [-0.1, -0.05) is 11.6 Å². The Bertz CT molecular complexity index is 368. The number of fused-ring (bicyclic) bond motifs is 1. The molecule has 1 aliphatic heterocycles. The number of rotatable bonds is 0. The molecule has 3 rings (SSSR count). The van der Waals surface area contributed by atoms with Crippen LogP contribution in [0, 0.1) is 5.41 Å². The molecule has 0 bridgehead atoms. The Kier molecular flexibility index (Phi) is 3.10. The first-order valence-corrected chi connectivity index (χ1v) is 8.65. The lowest BCUT2D eigenvalue weighted by Gasteiger charge is -2.46. The molecule has 1 nitrogen and oxygen atoms in total. The van der Waals surface area contributed by atoms with Crippen molar-refractivity contribution in [1.29, 1.82) is 0 Å².